The number of carbonyl (C=O) groups is 2. The maximum Gasteiger partial charge on any atom is 0.311 e. The largest absolute Gasteiger partial charge is 0.455 e. The molecule has 3 rings (SSSR count). The molecule has 0 radical (unpaired) electrons. The van der Waals surface area contributed by atoms with Gasteiger partial charge in [-0.15, -0.1) is 11.3 Å². The number of anilines is 1. The van der Waals surface area contributed by atoms with E-state index in [1.165, 1.54) is 11.3 Å². The number of nitrogens with one attached hydrogen (secondary N) is 1. The van der Waals surface area contributed by atoms with E-state index in [0.717, 1.165) is 21.6 Å². The maximum atomic E-state index is 12.3. The summed E-state index contributed by atoms with van der Waals surface area (Å²) in [4.78, 5) is 29.4. The topological polar surface area (TPSA) is 94.3 Å². The first-order valence-corrected chi connectivity index (χ1v) is 10.1. The summed E-state index contributed by atoms with van der Waals surface area (Å²) in [5.41, 5.74) is 9.52. The van der Waals surface area contributed by atoms with E-state index >= 15 is 0 Å². The van der Waals surface area contributed by atoms with Gasteiger partial charge in [0.1, 0.15) is 0 Å². The van der Waals surface area contributed by atoms with Crippen LogP contribution in [0.2, 0.25) is 0 Å². The number of esters is 1. The highest BCUT2D eigenvalue weighted by Crippen LogP contribution is 2.30. The monoisotopic (exact) mass is 409 g/mol. The third-order valence-corrected chi connectivity index (χ3v) is 5.27. The van der Waals surface area contributed by atoms with E-state index in [1.807, 2.05) is 68.4 Å². The van der Waals surface area contributed by atoms with Crippen LogP contribution in [-0.2, 0) is 20.7 Å². The Labute approximate surface area is 173 Å². The van der Waals surface area contributed by atoms with E-state index < -0.39 is 5.97 Å². The summed E-state index contributed by atoms with van der Waals surface area (Å²) in [7, 11) is 0. The zero-order valence-corrected chi connectivity index (χ0v) is 17.2. The Kier molecular flexibility index (Phi) is 6.61. The minimum Gasteiger partial charge on any atom is -0.455 e. The standard InChI is InChI=1S/C22H23N3O3S/c1-14-8-10-17(11-9-14)21-18(29-22(23)25-21)12-20(27)28-13-19(26)24-15(2)16-6-4-3-5-7-16/h3-11,15H,12-13H2,1-2H3,(H2,23,25)(H,24,26)/t15-/m0/s1. The maximum absolute atomic E-state index is 12.3. The molecule has 1 aromatic heterocycles. The number of nitrogens with zero attached hydrogens (tertiary/aromatic N) is 1. The smallest absolute Gasteiger partial charge is 0.311 e. The second-order valence-electron chi connectivity index (χ2n) is 6.73. The molecule has 1 amide bonds. The Morgan fingerprint density at radius 3 is 2.52 bits per heavy atom. The fourth-order valence-corrected chi connectivity index (χ4v) is 3.70. The minimum atomic E-state index is -0.496. The van der Waals surface area contributed by atoms with Crippen LogP contribution in [0.25, 0.3) is 11.3 Å². The number of ether oxygens (including phenoxy) is 1. The number of nitrogen functional groups attached to an aromatic ring is 1. The van der Waals surface area contributed by atoms with Gasteiger partial charge in [-0.3, -0.25) is 9.59 Å². The molecule has 1 atom stereocenters. The molecule has 1 heterocycles. The first-order chi connectivity index (χ1) is 13.9. The second kappa shape index (κ2) is 9.34. The molecule has 0 aliphatic carbocycles. The van der Waals surface area contributed by atoms with Gasteiger partial charge in [0.05, 0.1) is 18.2 Å². The van der Waals surface area contributed by atoms with E-state index in [2.05, 4.69) is 10.3 Å². The summed E-state index contributed by atoms with van der Waals surface area (Å²) in [6, 6.07) is 17.3. The molecule has 3 N–H and O–H groups in total. The molecule has 0 bridgehead atoms. The highest BCUT2D eigenvalue weighted by molar-refractivity contribution is 7.15. The van der Waals surface area contributed by atoms with Gasteiger partial charge in [0.25, 0.3) is 5.91 Å². The molecule has 0 unspecified atom stereocenters. The first-order valence-electron chi connectivity index (χ1n) is 9.24. The van der Waals surface area contributed by atoms with Crippen LogP contribution in [0.1, 0.15) is 29.0 Å². The van der Waals surface area contributed by atoms with Gasteiger partial charge in [0, 0.05) is 10.4 Å². The van der Waals surface area contributed by atoms with Crippen molar-refractivity contribution in [2.24, 2.45) is 0 Å². The molecule has 7 heteroatoms. The van der Waals surface area contributed by atoms with Crippen LogP contribution in [0.5, 0.6) is 0 Å². The number of hydrogen-bond acceptors (Lipinski definition) is 6. The van der Waals surface area contributed by atoms with Crippen molar-refractivity contribution < 1.29 is 14.3 Å². The Hall–Kier alpha value is -3.19. The molecule has 0 fully saturated rings. The molecule has 0 aliphatic heterocycles. The lowest BCUT2D eigenvalue weighted by atomic mass is 10.1. The molecular formula is C22H23N3O3S. The number of carbonyl (C=O) groups excluding carboxylic acids is 2. The highest BCUT2D eigenvalue weighted by atomic mass is 32.1. The summed E-state index contributed by atoms with van der Waals surface area (Å²) in [6.07, 6.45) is 0.0135. The normalized spacial score (nSPS) is 11.7. The number of aryl methyl sites for hydroxylation is 1. The van der Waals surface area contributed by atoms with Crippen LogP contribution in [0.3, 0.4) is 0 Å². The molecule has 0 spiro atoms. The summed E-state index contributed by atoms with van der Waals surface area (Å²) in [5.74, 6) is -0.846. The van der Waals surface area contributed by atoms with Crippen LogP contribution in [0, 0.1) is 6.92 Å². The number of nitrogens with two attached hydrogens (primary N) is 1. The van der Waals surface area contributed by atoms with E-state index in [0.29, 0.717) is 10.8 Å². The zero-order chi connectivity index (χ0) is 20.8. The van der Waals surface area contributed by atoms with Gasteiger partial charge in [-0.1, -0.05) is 60.2 Å². The van der Waals surface area contributed by atoms with Gasteiger partial charge < -0.3 is 15.8 Å². The molecule has 0 aliphatic rings. The Morgan fingerprint density at radius 2 is 1.83 bits per heavy atom. The van der Waals surface area contributed by atoms with Gasteiger partial charge in [-0.2, -0.15) is 0 Å². The van der Waals surface area contributed by atoms with Crippen molar-refractivity contribution in [2.45, 2.75) is 26.3 Å². The molecule has 0 saturated carbocycles. The number of amides is 1. The third-order valence-electron chi connectivity index (χ3n) is 4.39. The van der Waals surface area contributed by atoms with Crippen molar-refractivity contribution in [3.05, 3.63) is 70.6 Å². The Morgan fingerprint density at radius 1 is 1.14 bits per heavy atom. The molecule has 150 valence electrons. The van der Waals surface area contributed by atoms with Crippen molar-refractivity contribution >= 4 is 28.3 Å². The number of thiazole rings is 1. The van der Waals surface area contributed by atoms with E-state index in [4.69, 9.17) is 10.5 Å². The SMILES string of the molecule is Cc1ccc(-c2nc(N)sc2CC(=O)OCC(=O)N[C@@H](C)c2ccccc2)cc1. The highest BCUT2D eigenvalue weighted by Gasteiger charge is 2.17. The zero-order valence-electron chi connectivity index (χ0n) is 16.3. The average molecular weight is 410 g/mol. The van der Waals surface area contributed by atoms with Gasteiger partial charge in [0.15, 0.2) is 11.7 Å². The Balaban J connectivity index is 1.56. The minimum absolute atomic E-state index is 0.0135. The summed E-state index contributed by atoms with van der Waals surface area (Å²) in [6.45, 7) is 3.55. The van der Waals surface area contributed by atoms with Gasteiger partial charge in [-0.05, 0) is 19.4 Å². The lowest BCUT2D eigenvalue weighted by Gasteiger charge is -2.14. The molecule has 2 aromatic carbocycles. The molecule has 6 nitrogen and oxygen atoms in total. The second-order valence-corrected chi connectivity index (χ2v) is 7.84. The molecule has 0 saturated heterocycles. The fraction of sp³-hybridized carbons (Fsp3) is 0.227. The van der Waals surface area contributed by atoms with E-state index in [1.54, 1.807) is 0 Å². The number of aromatic nitrogens is 1. The quantitative estimate of drug-likeness (QED) is 0.581. The summed E-state index contributed by atoms with van der Waals surface area (Å²) < 4.78 is 5.15. The van der Waals surface area contributed by atoms with Crippen LogP contribution in [-0.4, -0.2) is 23.5 Å². The van der Waals surface area contributed by atoms with Crippen LogP contribution in [0.15, 0.2) is 54.6 Å². The average Bonchev–Trinajstić information content (AvgIpc) is 3.07. The predicted octanol–water partition coefficient (Wildman–Crippen LogP) is 3.66. The van der Waals surface area contributed by atoms with Crippen molar-refractivity contribution in [1.29, 1.82) is 0 Å². The number of rotatable bonds is 7. The molecular weight excluding hydrogens is 386 g/mol. The van der Waals surface area contributed by atoms with Crippen molar-refractivity contribution in [3.63, 3.8) is 0 Å². The predicted molar refractivity (Wildman–Crippen MR) is 114 cm³/mol. The van der Waals surface area contributed by atoms with E-state index in [9.17, 15) is 9.59 Å². The van der Waals surface area contributed by atoms with Crippen molar-refractivity contribution in [1.82, 2.24) is 10.3 Å². The lowest BCUT2D eigenvalue weighted by Crippen LogP contribution is -2.31. The van der Waals surface area contributed by atoms with Crippen LogP contribution >= 0.6 is 11.3 Å². The van der Waals surface area contributed by atoms with Crippen molar-refractivity contribution in [2.75, 3.05) is 12.3 Å². The van der Waals surface area contributed by atoms with Gasteiger partial charge >= 0.3 is 5.97 Å². The van der Waals surface area contributed by atoms with Gasteiger partial charge in [-0.25, -0.2) is 4.98 Å². The Bertz CT molecular complexity index is 984. The first kappa shape index (κ1) is 20.5. The molecule has 29 heavy (non-hydrogen) atoms. The van der Waals surface area contributed by atoms with Crippen LogP contribution in [0.4, 0.5) is 5.13 Å². The van der Waals surface area contributed by atoms with E-state index in [-0.39, 0.29) is 25.0 Å². The van der Waals surface area contributed by atoms with Crippen LogP contribution < -0.4 is 11.1 Å². The van der Waals surface area contributed by atoms with Crippen molar-refractivity contribution in [3.8, 4) is 11.3 Å². The lowest BCUT2D eigenvalue weighted by molar-refractivity contribution is -0.148. The summed E-state index contributed by atoms with van der Waals surface area (Å²) >= 11 is 1.25. The molecule has 3 aromatic rings. The summed E-state index contributed by atoms with van der Waals surface area (Å²) in [5, 5.41) is 3.20. The number of hydrogen-bond donors (Lipinski definition) is 2. The van der Waals surface area contributed by atoms with Gasteiger partial charge in [0.2, 0.25) is 0 Å². The number of benzene rings is 2. The third kappa shape index (κ3) is 5.65. The fourth-order valence-electron chi connectivity index (χ4n) is 2.86.